The van der Waals surface area contributed by atoms with Gasteiger partial charge in [0.05, 0.1) is 27.4 Å². The molecule has 2 heterocycles. The van der Waals surface area contributed by atoms with Gasteiger partial charge in [-0.1, -0.05) is 6.07 Å². The summed E-state index contributed by atoms with van der Waals surface area (Å²) in [6.45, 7) is 1.83. The highest BCUT2D eigenvalue weighted by Crippen LogP contribution is 2.31. The minimum Gasteiger partial charge on any atom is -0.325 e. The first-order valence-corrected chi connectivity index (χ1v) is 10.7. The summed E-state index contributed by atoms with van der Waals surface area (Å²) in [7, 11) is 0. The van der Waals surface area contributed by atoms with Gasteiger partial charge in [-0.25, -0.2) is 14.4 Å². The highest BCUT2D eigenvalue weighted by Gasteiger charge is 2.11. The van der Waals surface area contributed by atoms with Crippen molar-refractivity contribution in [3.8, 4) is 10.6 Å². The van der Waals surface area contributed by atoms with Gasteiger partial charge >= 0.3 is 0 Å². The molecule has 5 aromatic rings. The number of carbonyl (C=O) groups is 1. The number of aryl methyl sites for hydroxylation is 1. The number of rotatable bonds is 4. The first kappa shape index (κ1) is 20.0. The lowest BCUT2D eigenvalue weighted by Gasteiger charge is -2.08. The molecule has 0 aliphatic carbocycles. The Kier molecular flexibility index (Phi) is 4.99. The fourth-order valence-electron chi connectivity index (χ4n) is 3.45. The predicted molar refractivity (Wildman–Crippen MR) is 124 cm³/mol. The van der Waals surface area contributed by atoms with Crippen LogP contribution in [-0.2, 0) is 11.3 Å². The Morgan fingerprint density at radius 2 is 1.84 bits per heavy atom. The zero-order chi connectivity index (χ0) is 22.2. The van der Waals surface area contributed by atoms with E-state index in [-0.39, 0.29) is 17.8 Å². The summed E-state index contributed by atoms with van der Waals surface area (Å²) in [5.74, 6) is -0.908. The minimum atomic E-state index is -0.526. The maximum Gasteiger partial charge on any atom is 0.261 e. The lowest BCUT2D eigenvalue weighted by molar-refractivity contribution is -0.116. The molecule has 0 saturated heterocycles. The molecular formula is C24H17FN4O2S. The zero-order valence-corrected chi connectivity index (χ0v) is 17.8. The summed E-state index contributed by atoms with van der Waals surface area (Å²) in [4.78, 5) is 33.8. The van der Waals surface area contributed by atoms with Gasteiger partial charge in [-0.2, -0.15) is 0 Å². The highest BCUT2D eigenvalue weighted by atomic mass is 32.1. The van der Waals surface area contributed by atoms with Crippen molar-refractivity contribution in [1.82, 2.24) is 14.5 Å². The number of fused-ring (bicyclic) bond motifs is 2. The SMILES string of the molecule is Cc1ccc2nc(-c3ccc(NC(=O)Cn4cnc5ccc(F)cc5c4=O)cc3)sc2c1. The van der Waals surface area contributed by atoms with E-state index < -0.39 is 11.4 Å². The molecule has 3 aromatic carbocycles. The number of amides is 1. The Morgan fingerprint density at radius 3 is 2.66 bits per heavy atom. The smallest absolute Gasteiger partial charge is 0.261 e. The van der Waals surface area contributed by atoms with Gasteiger partial charge in [0.25, 0.3) is 5.56 Å². The maximum atomic E-state index is 13.5. The van der Waals surface area contributed by atoms with E-state index in [9.17, 15) is 14.0 Å². The number of nitrogens with one attached hydrogen (secondary N) is 1. The quantitative estimate of drug-likeness (QED) is 0.434. The van der Waals surface area contributed by atoms with E-state index in [0.29, 0.717) is 11.2 Å². The first-order valence-electron chi connectivity index (χ1n) is 9.88. The summed E-state index contributed by atoms with van der Waals surface area (Å²) in [5.41, 5.74) is 3.63. The van der Waals surface area contributed by atoms with Crippen molar-refractivity contribution in [2.24, 2.45) is 0 Å². The van der Waals surface area contributed by atoms with Crippen molar-refractivity contribution in [1.29, 1.82) is 0 Å². The van der Waals surface area contributed by atoms with Crippen LogP contribution in [0.2, 0.25) is 0 Å². The normalized spacial score (nSPS) is 11.2. The van der Waals surface area contributed by atoms with Crippen LogP contribution in [0.5, 0.6) is 0 Å². The third-order valence-corrected chi connectivity index (χ3v) is 6.13. The van der Waals surface area contributed by atoms with Gasteiger partial charge in [0.15, 0.2) is 0 Å². The fourth-order valence-corrected chi connectivity index (χ4v) is 4.52. The lowest BCUT2D eigenvalue weighted by Crippen LogP contribution is -2.28. The molecule has 1 amide bonds. The zero-order valence-electron chi connectivity index (χ0n) is 17.0. The van der Waals surface area contributed by atoms with Gasteiger partial charge in [-0.3, -0.25) is 14.2 Å². The van der Waals surface area contributed by atoms with E-state index in [0.717, 1.165) is 31.4 Å². The molecular weight excluding hydrogens is 427 g/mol. The number of carbonyl (C=O) groups excluding carboxylic acids is 1. The molecule has 0 aliphatic rings. The molecule has 5 rings (SSSR count). The van der Waals surface area contributed by atoms with E-state index in [4.69, 9.17) is 0 Å². The first-order chi connectivity index (χ1) is 15.5. The Hall–Kier alpha value is -3.91. The number of thiazole rings is 1. The Morgan fingerprint density at radius 1 is 1.06 bits per heavy atom. The number of anilines is 1. The van der Waals surface area contributed by atoms with E-state index in [2.05, 4.69) is 28.3 Å². The number of halogens is 1. The molecule has 0 atom stereocenters. The van der Waals surface area contributed by atoms with Crippen LogP contribution in [0, 0.1) is 12.7 Å². The van der Waals surface area contributed by atoms with Crippen LogP contribution in [0.15, 0.2) is 71.8 Å². The molecule has 0 spiro atoms. The summed E-state index contributed by atoms with van der Waals surface area (Å²) in [6.07, 6.45) is 1.29. The molecule has 6 nitrogen and oxygen atoms in total. The molecule has 2 aromatic heterocycles. The van der Waals surface area contributed by atoms with Crippen molar-refractivity contribution in [2.45, 2.75) is 13.5 Å². The highest BCUT2D eigenvalue weighted by molar-refractivity contribution is 7.21. The Bertz CT molecular complexity index is 1540. The van der Waals surface area contributed by atoms with E-state index in [1.54, 1.807) is 23.5 Å². The van der Waals surface area contributed by atoms with Crippen molar-refractivity contribution in [2.75, 3.05) is 5.32 Å². The third-order valence-electron chi connectivity index (χ3n) is 5.06. The monoisotopic (exact) mass is 444 g/mol. The van der Waals surface area contributed by atoms with Gasteiger partial charge in [0, 0.05) is 11.3 Å². The van der Waals surface area contributed by atoms with E-state index in [1.165, 1.54) is 24.0 Å². The van der Waals surface area contributed by atoms with Crippen LogP contribution in [0.1, 0.15) is 5.56 Å². The maximum absolute atomic E-state index is 13.5. The second kappa shape index (κ2) is 7.97. The summed E-state index contributed by atoms with van der Waals surface area (Å²) < 4.78 is 15.8. The fraction of sp³-hybridized carbons (Fsp3) is 0.0833. The summed E-state index contributed by atoms with van der Waals surface area (Å²) in [6, 6.07) is 17.3. The molecule has 0 bridgehead atoms. The van der Waals surface area contributed by atoms with Crippen LogP contribution in [0.3, 0.4) is 0 Å². The molecule has 1 N–H and O–H groups in total. The predicted octanol–water partition coefficient (Wildman–Crippen LogP) is 4.76. The average Bonchev–Trinajstić information content (AvgIpc) is 3.20. The summed E-state index contributed by atoms with van der Waals surface area (Å²) in [5, 5.41) is 3.81. The lowest BCUT2D eigenvalue weighted by atomic mass is 10.2. The van der Waals surface area contributed by atoms with E-state index >= 15 is 0 Å². The van der Waals surface area contributed by atoms with Crippen LogP contribution in [0.25, 0.3) is 31.7 Å². The number of aromatic nitrogens is 3. The molecule has 0 fully saturated rings. The van der Waals surface area contributed by atoms with Crippen LogP contribution >= 0.6 is 11.3 Å². The molecule has 0 unspecified atom stereocenters. The molecule has 0 radical (unpaired) electrons. The number of benzene rings is 3. The Labute approximate surface area is 186 Å². The number of hydrogen-bond acceptors (Lipinski definition) is 5. The van der Waals surface area contributed by atoms with Gasteiger partial charge in [0.2, 0.25) is 5.91 Å². The second-order valence-corrected chi connectivity index (χ2v) is 8.49. The van der Waals surface area contributed by atoms with E-state index in [1.807, 2.05) is 24.3 Å². The van der Waals surface area contributed by atoms with Gasteiger partial charge < -0.3 is 5.32 Å². The van der Waals surface area contributed by atoms with Gasteiger partial charge in [0.1, 0.15) is 17.4 Å². The summed E-state index contributed by atoms with van der Waals surface area (Å²) >= 11 is 1.62. The minimum absolute atomic E-state index is 0.135. The third kappa shape index (κ3) is 3.88. The Balaban J connectivity index is 1.32. The molecule has 32 heavy (non-hydrogen) atoms. The van der Waals surface area contributed by atoms with Crippen LogP contribution in [0.4, 0.5) is 10.1 Å². The topological polar surface area (TPSA) is 76.9 Å². The number of nitrogens with zero attached hydrogens (tertiary/aromatic N) is 3. The molecule has 0 aliphatic heterocycles. The number of hydrogen-bond donors (Lipinski definition) is 1. The van der Waals surface area contributed by atoms with Crippen molar-refractivity contribution in [3.05, 3.63) is 88.7 Å². The largest absolute Gasteiger partial charge is 0.325 e. The van der Waals surface area contributed by atoms with Crippen LogP contribution < -0.4 is 10.9 Å². The van der Waals surface area contributed by atoms with Crippen molar-refractivity contribution >= 4 is 44.1 Å². The van der Waals surface area contributed by atoms with Crippen LogP contribution in [-0.4, -0.2) is 20.4 Å². The average molecular weight is 444 g/mol. The van der Waals surface area contributed by atoms with Crippen molar-refractivity contribution < 1.29 is 9.18 Å². The van der Waals surface area contributed by atoms with Gasteiger partial charge in [-0.15, -0.1) is 11.3 Å². The molecule has 0 saturated carbocycles. The standard InChI is InChI=1S/C24H17FN4O2S/c1-14-2-8-20-21(10-14)32-23(28-20)15-3-6-17(7-4-15)27-22(30)12-29-13-26-19-9-5-16(25)11-18(19)24(29)31/h2-11,13H,12H2,1H3,(H,27,30). The second-order valence-electron chi connectivity index (χ2n) is 7.45. The molecule has 158 valence electrons. The molecule has 8 heteroatoms. The van der Waals surface area contributed by atoms with Crippen molar-refractivity contribution in [3.63, 3.8) is 0 Å². The van der Waals surface area contributed by atoms with Gasteiger partial charge in [-0.05, 0) is 67.1 Å².